The minimum atomic E-state index is -3.72. The van der Waals surface area contributed by atoms with Gasteiger partial charge in [-0.1, -0.05) is 17.7 Å². The molecule has 9 heteroatoms. The number of carbonyl (C=O) groups is 1. The van der Waals surface area contributed by atoms with Crippen LogP contribution >= 0.6 is 0 Å². The molecule has 0 unspecified atom stereocenters. The van der Waals surface area contributed by atoms with Gasteiger partial charge in [0.15, 0.2) is 11.5 Å². The third kappa shape index (κ3) is 5.00. The molecule has 178 valence electrons. The van der Waals surface area contributed by atoms with Crippen molar-refractivity contribution in [2.75, 3.05) is 25.8 Å². The van der Waals surface area contributed by atoms with Gasteiger partial charge in [-0.2, -0.15) is 4.31 Å². The Morgan fingerprint density at radius 1 is 1.03 bits per heavy atom. The van der Waals surface area contributed by atoms with E-state index in [2.05, 4.69) is 5.32 Å². The number of sulfonamides is 1. The number of nitrogens with zero attached hydrogens (tertiary/aromatic N) is 1. The number of benzene rings is 3. The maximum absolute atomic E-state index is 13.1. The molecule has 1 aliphatic rings. The van der Waals surface area contributed by atoms with Crippen LogP contribution in [0.1, 0.15) is 28.4 Å². The Hall–Kier alpha value is -3.56. The molecule has 0 saturated heterocycles. The highest BCUT2D eigenvalue weighted by atomic mass is 32.2. The van der Waals surface area contributed by atoms with Crippen LogP contribution in [0.15, 0.2) is 65.6 Å². The van der Waals surface area contributed by atoms with Crippen molar-refractivity contribution >= 4 is 21.6 Å². The van der Waals surface area contributed by atoms with E-state index in [0.717, 1.165) is 5.56 Å². The van der Waals surface area contributed by atoms with Crippen molar-refractivity contribution < 1.29 is 27.4 Å². The van der Waals surface area contributed by atoms with Crippen molar-refractivity contribution in [3.63, 3.8) is 0 Å². The van der Waals surface area contributed by atoms with E-state index in [-0.39, 0.29) is 24.1 Å². The minimum absolute atomic E-state index is 0.0384. The highest BCUT2D eigenvalue weighted by Crippen LogP contribution is 2.34. The molecule has 0 saturated carbocycles. The van der Waals surface area contributed by atoms with Crippen LogP contribution in [0.2, 0.25) is 0 Å². The molecule has 0 radical (unpaired) electrons. The van der Waals surface area contributed by atoms with Crippen LogP contribution in [0.25, 0.3) is 0 Å². The molecule has 3 aromatic carbocycles. The molecule has 8 nitrogen and oxygen atoms in total. The molecular formula is C25H26N2O6S. The summed E-state index contributed by atoms with van der Waals surface area (Å²) in [6.45, 7) is 4.33. The summed E-state index contributed by atoms with van der Waals surface area (Å²) in [4.78, 5) is 13.1. The number of amides is 1. The van der Waals surface area contributed by atoms with Crippen molar-refractivity contribution in [2.45, 2.75) is 25.3 Å². The number of carbonyl (C=O) groups excluding carboxylic acids is 1. The zero-order chi connectivity index (χ0) is 24.3. The summed E-state index contributed by atoms with van der Waals surface area (Å²) >= 11 is 0. The molecule has 4 rings (SSSR count). The third-order valence-electron chi connectivity index (χ3n) is 5.38. The van der Waals surface area contributed by atoms with E-state index in [4.69, 9.17) is 14.2 Å². The number of fused-ring (bicyclic) bond motifs is 1. The predicted octanol–water partition coefficient (Wildman–Crippen LogP) is 4.20. The van der Waals surface area contributed by atoms with Crippen LogP contribution < -0.4 is 19.5 Å². The van der Waals surface area contributed by atoms with Crippen molar-refractivity contribution in [3.8, 4) is 17.2 Å². The lowest BCUT2D eigenvalue weighted by molar-refractivity contribution is 0.102. The van der Waals surface area contributed by atoms with E-state index >= 15 is 0 Å². The molecule has 0 aromatic heterocycles. The number of hydrogen-bond donors (Lipinski definition) is 1. The van der Waals surface area contributed by atoms with Gasteiger partial charge >= 0.3 is 0 Å². The van der Waals surface area contributed by atoms with E-state index in [9.17, 15) is 13.2 Å². The number of hydrogen-bond acceptors (Lipinski definition) is 6. The number of aryl methyl sites for hydroxylation is 1. The Morgan fingerprint density at radius 2 is 1.76 bits per heavy atom. The van der Waals surface area contributed by atoms with Gasteiger partial charge in [-0.3, -0.25) is 4.79 Å². The smallest absolute Gasteiger partial charge is 0.255 e. The zero-order valence-electron chi connectivity index (χ0n) is 19.2. The summed E-state index contributed by atoms with van der Waals surface area (Å²) in [5.41, 5.74) is 2.49. The van der Waals surface area contributed by atoms with Crippen molar-refractivity contribution in [1.29, 1.82) is 0 Å². The molecule has 0 aliphatic carbocycles. The molecule has 0 bridgehead atoms. The van der Waals surface area contributed by atoms with Gasteiger partial charge in [-0.15, -0.1) is 0 Å². The maximum Gasteiger partial charge on any atom is 0.255 e. The minimum Gasteiger partial charge on any atom is -0.494 e. The highest BCUT2D eigenvalue weighted by molar-refractivity contribution is 7.89. The van der Waals surface area contributed by atoms with Crippen molar-refractivity contribution in [2.24, 2.45) is 0 Å². The molecule has 34 heavy (non-hydrogen) atoms. The highest BCUT2D eigenvalue weighted by Gasteiger charge is 2.23. The van der Waals surface area contributed by atoms with E-state index in [1.54, 1.807) is 60.7 Å². The summed E-state index contributed by atoms with van der Waals surface area (Å²) < 4.78 is 43.7. The third-order valence-corrected chi connectivity index (χ3v) is 7.19. The molecule has 1 amide bonds. The van der Waals surface area contributed by atoms with Crippen LogP contribution in [-0.2, 0) is 16.6 Å². The van der Waals surface area contributed by atoms with Gasteiger partial charge in [0.1, 0.15) is 5.75 Å². The van der Waals surface area contributed by atoms with Crippen LogP contribution in [0, 0.1) is 6.92 Å². The second-order valence-electron chi connectivity index (χ2n) is 7.85. The molecular weight excluding hydrogens is 456 g/mol. The molecule has 0 atom stereocenters. The molecule has 1 aliphatic heterocycles. The van der Waals surface area contributed by atoms with Gasteiger partial charge in [0.05, 0.1) is 11.5 Å². The zero-order valence-corrected chi connectivity index (χ0v) is 20.0. The number of anilines is 1. The lowest BCUT2D eigenvalue weighted by atomic mass is 10.1. The van der Waals surface area contributed by atoms with Crippen LogP contribution in [0.4, 0.5) is 5.69 Å². The summed E-state index contributed by atoms with van der Waals surface area (Å²) in [7, 11) is -2.22. The number of ether oxygens (including phenoxy) is 3. The Morgan fingerprint density at radius 3 is 2.50 bits per heavy atom. The molecule has 3 aromatic rings. The van der Waals surface area contributed by atoms with E-state index in [1.165, 1.54) is 11.4 Å². The number of rotatable bonds is 8. The fourth-order valence-electron chi connectivity index (χ4n) is 3.53. The lowest BCUT2D eigenvalue weighted by Crippen LogP contribution is -2.27. The van der Waals surface area contributed by atoms with Gasteiger partial charge in [-0.25, -0.2) is 8.42 Å². The SMILES string of the molecule is CCOc1ccc(C(=O)Nc2ccc3c(c2)OCO3)cc1CN(C)S(=O)(=O)c1ccc(C)cc1. The summed E-state index contributed by atoms with van der Waals surface area (Å²) in [5, 5.41) is 2.83. The van der Waals surface area contributed by atoms with Gasteiger partial charge in [0, 0.05) is 36.5 Å². The fourth-order valence-corrected chi connectivity index (χ4v) is 4.68. The second kappa shape index (κ2) is 9.74. The van der Waals surface area contributed by atoms with Crippen LogP contribution in [-0.4, -0.2) is 39.1 Å². The molecule has 0 spiro atoms. The summed E-state index contributed by atoms with van der Waals surface area (Å²) in [6, 6.07) is 16.8. The first-order valence-electron chi connectivity index (χ1n) is 10.8. The Balaban J connectivity index is 1.56. The lowest BCUT2D eigenvalue weighted by Gasteiger charge is -2.20. The predicted molar refractivity (Wildman–Crippen MR) is 128 cm³/mol. The van der Waals surface area contributed by atoms with E-state index in [1.807, 2.05) is 13.8 Å². The Bertz CT molecular complexity index is 1310. The quantitative estimate of drug-likeness (QED) is 0.517. The van der Waals surface area contributed by atoms with Gasteiger partial charge in [-0.05, 0) is 56.3 Å². The second-order valence-corrected chi connectivity index (χ2v) is 9.90. The van der Waals surface area contributed by atoms with Crippen molar-refractivity contribution in [1.82, 2.24) is 4.31 Å². The largest absolute Gasteiger partial charge is 0.494 e. The summed E-state index contributed by atoms with van der Waals surface area (Å²) in [6.07, 6.45) is 0. The molecule has 1 N–H and O–H groups in total. The first-order valence-corrected chi connectivity index (χ1v) is 12.2. The maximum atomic E-state index is 13.1. The fraction of sp³-hybridized carbons (Fsp3) is 0.240. The first kappa shape index (κ1) is 23.6. The molecule has 1 heterocycles. The van der Waals surface area contributed by atoms with Gasteiger partial charge in [0.25, 0.3) is 5.91 Å². The van der Waals surface area contributed by atoms with E-state index < -0.39 is 10.0 Å². The van der Waals surface area contributed by atoms with Gasteiger partial charge in [0.2, 0.25) is 16.8 Å². The molecule has 0 fully saturated rings. The monoisotopic (exact) mass is 482 g/mol. The first-order chi connectivity index (χ1) is 16.3. The topological polar surface area (TPSA) is 94.2 Å². The van der Waals surface area contributed by atoms with Gasteiger partial charge < -0.3 is 19.5 Å². The van der Waals surface area contributed by atoms with Crippen molar-refractivity contribution in [3.05, 3.63) is 77.4 Å². The average Bonchev–Trinajstić information content (AvgIpc) is 3.28. The number of nitrogens with one attached hydrogen (secondary N) is 1. The van der Waals surface area contributed by atoms with Crippen LogP contribution in [0.5, 0.6) is 17.2 Å². The standard InChI is InChI=1S/C25H26N2O6S/c1-4-31-22-11-7-18(25(28)26-20-8-12-23-24(14-20)33-16-32-23)13-19(22)15-27(3)34(29,30)21-9-5-17(2)6-10-21/h5-14H,4,15-16H2,1-3H3,(H,26,28). The Kier molecular flexibility index (Phi) is 6.76. The van der Waals surface area contributed by atoms with E-state index in [0.29, 0.717) is 40.7 Å². The summed E-state index contributed by atoms with van der Waals surface area (Å²) in [5.74, 6) is 1.37. The Labute approximate surface area is 199 Å². The normalized spacial score (nSPS) is 12.6. The average molecular weight is 483 g/mol. The van der Waals surface area contributed by atoms with Crippen LogP contribution in [0.3, 0.4) is 0 Å².